The molecule has 2 rings (SSSR count). The van der Waals surface area contributed by atoms with Crippen LogP contribution in [-0.2, 0) is 11.8 Å². The summed E-state index contributed by atoms with van der Waals surface area (Å²) in [5.74, 6) is -0.163. The number of amides is 1. The highest BCUT2D eigenvalue weighted by atomic mass is 16.5. The van der Waals surface area contributed by atoms with Crippen LogP contribution in [0.4, 0.5) is 5.69 Å². The minimum atomic E-state index is -0.163. The highest BCUT2D eigenvalue weighted by Crippen LogP contribution is 2.22. The Hall–Kier alpha value is -1.56. The molecule has 0 aromatic carbocycles. The molecule has 3 N–H and O–H groups in total. The topological polar surface area (TPSA) is 82.2 Å². The number of nitrogen functional groups attached to an aromatic ring is 1. The van der Waals surface area contributed by atoms with E-state index >= 15 is 0 Å². The van der Waals surface area contributed by atoms with Crippen LogP contribution >= 0.6 is 0 Å². The fourth-order valence-corrected chi connectivity index (χ4v) is 2.27. The van der Waals surface area contributed by atoms with Gasteiger partial charge in [0, 0.05) is 20.2 Å². The molecular formula is C11H18N4O2. The summed E-state index contributed by atoms with van der Waals surface area (Å²) >= 11 is 0. The zero-order valence-corrected chi connectivity index (χ0v) is 10.1. The molecule has 2 unspecified atom stereocenters. The molecule has 0 bridgehead atoms. The lowest BCUT2D eigenvalue weighted by Gasteiger charge is -2.13. The molecule has 6 heteroatoms. The average Bonchev–Trinajstić information content (AvgIpc) is 2.86. The summed E-state index contributed by atoms with van der Waals surface area (Å²) in [5.41, 5.74) is 6.53. The van der Waals surface area contributed by atoms with Crippen molar-refractivity contribution in [3.05, 3.63) is 11.9 Å². The van der Waals surface area contributed by atoms with Gasteiger partial charge in [-0.2, -0.15) is 5.10 Å². The molecule has 1 saturated carbocycles. The number of anilines is 1. The maximum absolute atomic E-state index is 12.0. The second-order valence-corrected chi connectivity index (χ2v) is 4.41. The van der Waals surface area contributed by atoms with E-state index in [1.807, 2.05) is 0 Å². The lowest BCUT2D eigenvalue weighted by molar-refractivity contribution is 0.0907. The van der Waals surface area contributed by atoms with E-state index < -0.39 is 0 Å². The third-order valence-corrected chi connectivity index (χ3v) is 3.24. The molecule has 0 saturated heterocycles. The standard InChI is InChI=1S/C11H18N4O2/c1-15-10(9(12)6-13-15)11(16)14-7-3-4-8(5-7)17-2/h6-8H,3-5,12H2,1-2H3,(H,14,16). The Balaban J connectivity index is 1.99. The molecule has 94 valence electrons. The van der Waals surface area contributed by atoms with Crippen LogP contribution in [0.15, 0.2) is 6.20 Å². The molecule has 1 aliphatic rings. The van der Waals surface area contributed by atoms with Gasteiger partial charge < -0.3 is 15.8 Å². The van der Waals surface area contributed by atoms with Crippen LogP contribution in [0.2, 0.25) is 0 Å². The van der Waals surface area contributed by atoms with Crippen molar-refractivity contribution < 1.29 is 9.53 Å². The van der Waals surface area contributed by atoms with Crippen molar-refractivity contribution >= 4 is 11.6 Å². The first-order valence-electron chi connectivity index (χ1n) is 5.73. The first-order chi connectivity index (χ1) is 8.11. The van der Waals surface area contributed by atoms with Gasteiger partial charge in [-0.3, -0.25) is 9.48 Å². The molecule has 1 fully saturated rings. The lowest BCUT2D eigenvalue weighted by atomic mass is 10.2. The number of nitrogens with one attached hydrogen (secondary N) is 1. The van der Waals surface area contributed by atoms with Crippen molar-refractivity contribution in [3.8, 4) is 0 Å². The predicted molar refractivity (Wildman–Crippen MR) is 63.5 cm³/mol. The third kappa shape index (κ3) is 2.41. The zero-order valence-electron chi connectivity index (χ0n) is 10.1. The lowest BCUT2D eigenvalue weighted by Crippen LogP contribution is -2.35. The Labute approximate surface area is 100 Å². The van der Waals surface area contributed by atoms with Crippen LogP contribution in [0, 0.1) is 0 Å². The summed E-state index contributed by atoms with van der Waals surface area (Å²) in [5, 5.41) is 6.92. The Morgan fingerprint density at radius 1 is 1.65 bits per heavy atom. The SMILES string of the molecule is COC1CCC(NC(=O)c2c(N)cnn2C)C1. The molecule has 0 aliphatic heterocycles. The summed E-state index contributed by atoms with van der Waals surface area (Å²) in [6, 6.07) is 0.168. The van der Waals surface area contributed by atoms with Crippen molar-refractivity contribution in [1.29, 1.82) is 0 Å². The Kier molecular flexibility index (Phi) is 3.33. The van der Waals surface area contributed by atoms with Crippen LogP contribution < -0.4 is 11.1 Å². The number of ether oxygens (including phenoxy) is 1. The van der Waals surface area contributed by atoms with Crippen LogP contribution in [0.25, 0.3) is 0 Å². The number of carbonyl (C=O) groups excluding carboxylic acids is 1. The molecule has 1 amide bonds. The number of rotatable bonds is 3. The molecule has 1 heterocycles. The first-order valence-corrected chi connectivity index (χ1v) is 5.73. The number of carbonyl (C=O) groups is 1. The molecule has 2 atom stereocenters. The quantitative estimate of drug-likeness (QED) is 0.793. The van der Waals surface area contributed by atoms with Crippen LogP contribution in [0.1, 0.15) is 29.8 Å². The molecular weight excluding hydrogens is 220 g/mol. The van der Waals surface area contributed by atoms with E-state index in [0.29, 0.717) is 11.4 Å². The molecule has 0 spiro atoms. The van der Waals surface area contributed by atoms with Gasteiger partial charge in [0.15, 0.2) is 0 Å². The molecule has 1 aromatic heterocycles. The van der Waals surface area contributed by atoms with E-state index in [0.717, 1.165) is 19.3 Å². The van der Waals surface area contributed by atoms with Crippen LogP contribution in [0.3, 0.4) is 0 Å². The minimum absolute atomic E-state index is 0.163. The maximum atomic E-state index is 12.0. The number of nitrogens with zero attached hydrogens (tertiary/aromatic N) is 2. The summed E-state index contributed by atoms with van der Waals surface area (Å²) in [6.45, 7) is 0. The van der Waals surface area contributed by atoms with E-state index in [4.69, 9.17) is 10.5 Å². The van der Waals surface area contributed by atoms with Gasteiger partial charge in [-0.05, 0) is 19.3 Å². The Morgan fingerprint density at radius 2 is 2.41 bits per heavy atom. The highest BCUT2D eigenvalue weighted by molar-refractivity contribution is 5.97. The van der Waals surface area contributed by atoms with Gasteiger partial charge in [-0.25, -0.2) is 0 Å². The average molecular weight is 238 g/mol. The number of aryl methyl sites for hydroxylation is 1. The summed E-state index contributed by atoms with van der Waals surface area (Å²) < 4.78 is 6.76. The highest BCUT2D eigenvalue weighted by Gasteiger charge is 2.27. The Bertz CT molecular complexity index is 396. The summed E-state index contributed by atoms with van der Waals surface area (Å²) in [6.07, 6.45) is 4.54. The predicted octanol–water partition coefficient (Wildman–Crippen LogP) is 0.300. The van der Waals surface area contributed by atoms with E-state index in [1.165, 1.54) is 10.9 Å². The summed E-state index contributed by atoms with van der Waals surface area (Å²) in [7, 11) is 3.41. The summed E-state index contributed by atoms with van der Waals surface area (Å²) in [4.78, 5) is 12.0. The van der Waals surface area contributed by atoms with Crippen LogP contribution in [-0.4, -0.2) is 34.9 Å². The van der Waals surface area contributed by atoms with Crippen molar-refractivity contribution in [3.63, 3.8) is 0 Å². The largest absolute Gasteiger partial charge is 0.396 e. The number of methoxy groups -OCH3 is 1. The molecule has 6 nitrogen and oxygen atoms in total. The maximum Gasteiger partial charge on any atom is 0.271 e. The van der Waals surface area contributed by atoms with E-state index in [9.17, 15) is 4.79 Å². The number of hydrogen-bond acceptors (Lipinski definition) is 4. The van der Waals surface area contributed by atoms with Gasteiger partial charge in [0.05, 0.1) is 18.0 Å². The molecule has 17 heavy (non-hydrogen) atoms. The van der Waals surface area contributed by atoms with Crippen molar-refractivity contribution in [1.82, 2.24) is 15.1 Å². The number of hydrogen-bond donors (Lipinski definition) is 2. The first kappa shape index (κ1) is 11.9. The van der Waals surface area contributed by atoms with E-state index in [2.05, 4.69) is 10.4 Å². The fraction of sp³-hybridized carbons (Fsp3) is 0.636. The van der Waals surface area contributed by atoms with Crippen LogP contribution in [0.5, 0.6) is 0 Å². The van der Waals surface area contributed by atoms with Crippen molar-refractivity contribution in [2.45, 2.75) is 31.4 Å². The second kappa shape index (κ2) is 4.75. The van der Waals surface area contributed by atoms with Gasteiger partial charge in [-0.15, -0.1) is 0 Å². The fourth-order valence-electron chi connectivity index (χ4n) is 2.27. The van der Waals surface area contributed by atoms with E-state index in [-0.39, 0.29) is 18.1 Å². The molecule has 1 aromatic rings. The number of nitrogens with two attached hydrogens (primary N) is 1. The Morgan fingerprint density at radius 3 is 2.94 bits per heavy atom. The third-order valence-electron chi connectivity index (χ3n) is 3.24. The smallest absolute Gasteiger partial charge is 0.271 e. The van der Waals surface area contributed by atoms with E-state index in [1.54, 1.807) is 14.2 Å². The molecule has 0 radical (unpaired) electrons. The normalized spacial score (nSPS) is 23.9. The van der Waals surface area contributed by atoms with Gasteiger partial charge in [-0.1, -0.05) is 0 Å². The monoisotopic (exact) mass is 238 g/mol. The molecule has 1 aliphatic carbocycles. The van der Waals surface area contributed by atoms with Crippen molar-refractivity contribution in [2.75, 3.05) is 12.8 Å². The van der Waals surface area contributed by atoms with Crippen molar-refractivity contribution in [2.24, 2.45) is 7.05 Å². The number of aromatic nitrogens is 2. The zero-order chi connectivity index (χ0) is 12.4. The van der Waals surface area contributed by atoms with Gasteiger partial charge in [0.2, 0.25) is 0 Å². The minimum Gasteiger partial charge on any atom is -0.396 e. The van der Waals surface area contributed by atoms with Gasteiger partial charge in [0.1, 0.15) is 5.69 Å². The van der Waals surface area contributed by atoms with Gasteiger partial charge in [0.25, 0.3) is 5.91 Å². The second-order valence-electron chi connectivity index (χ2n) is 4.41. The van der Waals surface area contributed by atoms with Gasteiger partial charge >= 0.3 is 0 Å².